The summed E-state index contributed by atoms with van der Waals surface area (Å²) in [7, 11) is 0. The standard InChI is InChI=1S/C14H15NO3/c1-2-7-14-10(11(14)13(15)17)12(16)8-5-3-4-6-9(8)18-14/h3-6,10-11H,2,7H2,1H3,(H2,15,17). The Morgan fingerprint density at radius 2 is 2.17 bits per heavy atom. The van der Waals surface area contributed by atoms with Gasteiger partial charge in [0.05, 0.1) is 17.4 Å². The van der Waals surface area contributed by atoms with Gasteiger partial charge in [-0.3, -0.25) is 9.59 Å². The minimum Gasteiger partial charge on any atom is -0.485 e. The van der Waals surface area contributed by atoms with Crippen LogP contribution in [0, 0.1) is 11.8 Å². The SMILES string of the molecule is CCCC12Oc3ccccc3C(=O)C1C2C(N)=O. The molecule has 1 aromatic carbocycles. The third-order valence-corrected chi connectivity index (χ3v) is 3.96. The first-order chi connectivity index (χ1) is 8.62. The van der Waals surface area contributed by atoms with Gasteiger partial charge in [0.15, 0.2) is 5.78 Å². The molecule has 1 aromatic rings. The van der Waals surface area contributed by atoms with E-state index in [4.69, 9.17) is 10.5 Å². The van der Waals surface area contributed by atoms with E-state index in [0.29, 0.717) is 17.7 Å². The number of para-hydroxylation sites is 1. The fourth-order valence-electron chi connectivity index (χ4n) is 3.21. The van der Waals surface area contributed by atoms with Crippen LogP contribution in [0.15, 0.2) is 24.3 Å². The number of fused-ring (bicyclic) bond motifs is 2. The summed E-state index contributed by atoms with van der Waals surface area (Å²) < 4.78 is 5.96. The van der Waals surface area contributed by atoms with Crippen molar-refractivity contribution in [2.45, 2.75) is 25.4 Å². The predicted molar refractivity (Wildman–Crippen MR) is 65.2 cm³/mol. The van der Waals surface area contributed by atoms with Crippen molar-refractivity contribution in [3.8, 4) is 5.75 Å². The van der Waals surface area contributed by atoms with E-state index in [1.807, 2.05) is 13.0 Å². The smallest absolute Gasteiger partial charge is 0.225 e. The van der Waals surface area contributed by atoms with E-state index in [1.165, 1.54) is 0 Å². The average Bonchev–Trinajstić information content (AvgIpc) is 2.99. The Morgan fingerprint density at radius 1 is 1.44 bits per heavy atom. The van der Waals surface area contributed by atoms with Crippen LogP contribution in [0.25, 0.3) is 0 Å². The van der Waals surface area contributed by atoms with E-state index in [0.717, 1.165) is 6.42 Å². The molecule has 18 heavy (non-hydrogen) atoms. The Balaban J connectivity index is 2.05. The van der Waals surface area contributed by atoms with Crippen molar-refractivity contribution >= 4 is 11.7 Å². The lowest BCUT2D eigenvalue weighted by Gasteiger charge is -2.25. The summed E-state index contributed by atoms with van der Waals surface area (Å²) in [6, 6.07) is 7.14. The van der Waals surface area contributed by atoms with Crippen molar-refractivity contribution in [3.63, 3.8) is 0 Å². The van der Waals surface area contributed by atoms with E-state index in [1.54, 1.807) is 18.2 Å². The van der Waals surface area contributed by atoms with Gasteiger partial charge in [0, 0.05) is 0 Å². The molecule has 0 spiro atoms. The number of Topliss-reactive ketones (excluding diaryl/α,β-unsaturated/α-hetero) is 1. The van der Waals surface area contributed by atoms with Gasteiger partial charge in [-0.1, -0.05) is 25.5 Å². The lowest BCUT2D eigenvalue weighted by molar-refractivity contribution is -0.120. The number of carbonyl (C=O) groups excluding carboxylic acids is 2. The molecule has 4 heteroatoms. The first-order valence-electron chi connectivity index (χ1n) is 6.23. The Morgan fingerprint density at radius 3 is 2.83 bits per heavy atom. The van der Waals surface area contributed by atoms with Crippen LogP contribution in [-0.4, -0.2) is 17.3 Å². The van der Waals surface area contributed by atoms with Crippen molar-refractivity contribution in [2.24, 2.45) is 17.6 Å². The maximum Gasteiger partial charge on any atom is 0.225 e. The molecule has 1 amide bonds. The molecule has 1 aliphatic heterocycles. The number of hydrogen-bond donors (Lipinski definition) is 1. The Bertz CT molecular complexity index is 540. The first kappa shape index (κ1) is 11.3. The molecular formula is C14H15NO3. The van der Waals surface area contributed by atoms with Gasteiger partial charge in [-0.15, -0.1) is 0 Å². The Kier molecular flexibility index (Phi) is 2.24. The number of carbonyl (C=O) groups is 2. The van der Waals surface area contributed by atoms with Crippen molar-refractivity contribution in [1.82, 2.24) is 0 Å². The highest BCUT2D eigenvalue weighted by Gasteiger charge is 2.74. The summed E-state index contributed by atoms with van der Waals surface area (Å²) in [5.74, 6) is -0.721. The molecule has 1 aliphatic carbocycles. The van der Waals surface area contributed by atoms with E-state index < -0.39 is 17.4 Å². The molecule has 3 atom stereocenters. The number of nitrogens with two attached hydrogens (primary N) is 1. The zero-order chi connectivity index (χ0) is 12.9. The molecule has 4 nitrogen and oxygen atoms in total. The minimum absolute atomic E-state index is 0.00546. The van der Waals surface area contributed by atoms with Gasteiger partial charge in [-0.25, -0.2) is 0 Å². The van der Waals surface area contributed by atoms with Gasteiger partial charge >= 0.3 is 0 Å². The molecule has 2 N–H and O–H groups in total. The molecule has 94 valence electrons. The highest BCUT2D eigenvalue weighted by molar-refractivity contribution is 6.08. The van der Waals surface area contributed by atoms with Gasteiger partial charge in [0.1, 0.15) is 11.4 Å². The van der Waals surface area contributed by atoms with Gasteiger partial charge in [-0.05, 0) is 18.6 Å². The van der Waals surface area contributed by atoms with Crippen LogP contribution in [-0.2, 0) is 4.79 Å². The third-order valence-electron chi connectivity index (χ3n) is 3.96. The van der Waals surface area contributed by atoms with Gasteiger partial charge in [0.25, 0.3) is 0 Å². The quantitative estimate of drug-likeness (QED) is 0.878. The van der Waals surface area contributed by atoms with Gasteiger partial charge in [-0.2, -0.15) is 0 Å². The summed E-state index contributed by atoms with van der Waals surface area (Å²) >= 11 is 0. The van der Waals surface area contributed by atoms with Crippen LogP contribution in [0.2, 0.25) is 0 Å². The number of benzene rings is 1. The molecular weight excluding hydrogens is 230 g/mol. The van der Waals surface area contributed by atoms with E-state index in [2.05, 4.69) is 0 Å². The summed E-state index contributed by atoms with van der Waals surface area (Å²) in [5, 5.41) is 0. The Hall–Kier alpha value is -1.84. The van der Waals surface area contributed by atoms with Crippen molar-refractivity contribution in [2.75, 3.05) is 0 Å². The first-order valence-corrected chi connectivity index (χ1v) is 6.23. The molecule has 0 bridgehead atoms. The molecule has 1 heterocycles. The topological polar surface area (TPSA) is 69.4 Å². The number of ketones is 1. The fraction of sp³-hybridized carbons (Fsp3) is 0.429. The van der Waals surface area contributed by atoms with Crippen LogP contribution >= 0.6 is 0 Å². The molecule has 0 radical (unpaired) electrons. The van der Waals surface area contributed by atoms with Crippen molar-refractivity contribution < 1.29 is 14.3 Å². The van der Waals surface area contributed by atoms with Crippen LogP contribution in [0.1, 0.15) is 30.1 Å². The highest BCUT2D eigenvalue weighted by atomic mass is 16.5. The lowest BCUT2D eigenvalue weighted by atomic mass is 9.98. The van der Waals surface area contributed by atoms with Crippen LogP contribution < -0.4 is 10.5 Å². The zero-order valence-electron chi connectivity index (χ0n) is 10.2. The summed E-state index contributed by atoms with van der Waals surface area (Å²) in [6.07, 6.45) is 1.54. The largest absolute Gasteiger partial charge is 0.485 e. The number of amides is 1. The maximum atomic E-state index is 12.4. The molecule has 3 rings (SSSR count). The van der Waals surface area contributed by atoms with E-state index >= 15 is 0 Å². The van der Waals surface area contributed by atoms with Crippen molar-refractivity contribution in [1.29, 1.82) is 0 Å². The number of rotatable bonds is 3. The van der Waals surface area contributed by atoms with Crippen molar-refractivity contribution in [3.05, 3.63) is 29.8 Å². The molecule has 2 aliphatic rings. The fourth-order valence-corrected chi connectivity index (χ4v) is 3.21. The normalized spacial score (nSPS) is 32.2. The monoisotopic (exact) mass is 245 g/mol. The highest BCUT2D eigenvalue weighted by Crippen LogP contribution is 2.60. The molecule has 0 aromatic heterocycles. The molecule has 1 fully saturated rings. The second kappa shape index (κ2) is 3.57. The minimum atomic E-state index is -0.675. The molecule has 1 saturated carbocycles. The van der Waals surface area contributed by atoms with Crippen LogP contribution in [0.5, 0.6) is 5.75 Å². The number of primary amides is 1. The van der Waals surface area contributed by atoms with Gasteiger partial charge < -0.3 is 10.5 Å². The van der Waals surface area contributed by atoms with Crippen LogP contribution in [0.3, 0.4) is 0 Å². The summed E-state index contributed by atoms with van der Waals surface area (Å²) in [4.78, 5) is 23.9. The molecule has 3 unspecified atom stereocenters. The van der Waals surface area contributed by atoms with E-state index in [9.17, 15) is 9.59 Å². The number of ether oxygens (including phenoxy) is 1. The van der Waals surface area contributed by atoms with Gasteiger partial charge in [0.2, 0.25) is 5.91 Å². The predicted octanol–water partition coefficient (Wildman–Crippen LogP) is 1.53. The second-order valence-corrected chi connectivity index (χ2v) is 5.03. The summed E-state index contributed by atoms with van der Waals surface area (Å²) in [5.41, 5.74) is 5.29. The lowest BCUT2D eigenvalue weighted by Crippen LogP contribution is -2.31. The second-order valence-electron chi connectivity index (χ2n) is 5.03. The summed E-state index contributed by atoms with van der Waals surface area (Å²) in [6.45, 7) is 2.01. The zero-order valence-corrected chi connectivity index (χ0v) is 10.2. The van der Waals surface area contributed by atoms with Crippen LogP contribution in [0.4, 0.5) is 0 Å². The molecule has 0 saturated heterocycles. The number of hydrogen-bond acceptors (Lipinski definition) is 3. The Labute approximate surface area is 105 Å². The average molecular weight is 245 g/mol. The third kappa shape index (κ3) is 1.26. The maximum absolute atomic E-state index is 12.4. The van der Waals surface area contributed by atoms with E-state index in [-0.39, 0.29) is 11.7 Å².